The Morgan fingerprint density at radius 1 is 1.23 bits per heavy atom. The van der Waals surface area contributed by atoms with Gasteiger partial charge in [0.2, 0.25) is 0 Å². The molecule has 4 atom stereocenters. The summed E-state index contributed by atoms with van der Waals surface area (Å²) in [7, 11) is 0. The predicted octanol–water partition coefficient (Wildman–Crippen LogP) is 4.26. The van der Waals surface area contributed by atoms with E-state index in [9.17, 15) is 18.0 Å². The quantitative estimate of drug-likeness (QED) is 0.888. The van der Waals surface area contributed by atoms with Gasteiger partial charge in [0.25, 0.3) is 5.91 Å². The minimum absolute atomic E-state index is 0.0795. The number of carbonyl (C=O) groups excluding carboxylic acids is 1. The van der Waals surface area contributed by atoms with E-state index in [2.05, 4.69) is 5.32 Å². The molecule has 2 saturated carbocycles. The molecule has 2 fully saturated rings. The first-order valence-electron chi connectivity index (χ1n) is 7.83. The molecule has 22 heavy (non-hydrogen) atoms. The molecule has 1 N–H and O–H groups in total. The Hall–Kier alpha value is -1.52. The monoisotopic (exact) mass is 311 g/mol. The lowest BCUT2D eigenvalue weighted by molar-refractivity contribution is -0.137. The first-order chi connectivity index (χ1) is 10.4. The summed E-state index contributed by atoms with van der Waals surface area (Å²) in [5.74, 6) is 1.15. The topological polar surface area (TPSA) is 29.1 Å². The summed E-state index contributed by atoms with van der Waals surface area (Å²) in [6, 6.07) is 4.89. The van der Waals surface area contributed by atoms with Crippen molar-refractivity contribution < 1.29 is 18.0 Å². The molecule has 0 heterocycles. The van der Waals surface area contributed by atoms with Crippen LogP contribution in [0.3, 0.4) is 0 Å². The zero-order valence-corrected chi connectivity index (χ0v) is 12.5. The summed E-state index contributed by atoms with van der Waals surface area (Å²) in [4.78, 5) is 12.3. The minimum Gasteiger partial charge on any atom is -0.349 e. The lowest BCUT2D eigenvalue weighted by atomic mass is 9.84. The molecule has 0 spiro atoms. The molecule has 1 amide bonds. The van der Waals surface area contributed by atoms with Crippen molar-refractivity contribution in [3.8, 4) is 0 Å². The van der Waals surface area contributed by atoms with Gasteiger partial charge in [-0.05, 0) is 56.1 Å². The van der Waals surface area contributed by atoms with Crippen molar-refractivity contribution in [1.29, 1.82) is 0 Å². The first kappa shape index (κ1) is 15.4. The molecule has 120 valence electrons. The molecule has 0 radical (unpaired) electrons. The Labute approximate surface area is 128 Å². The van der Waals surface area contributed by atoms with E-state index in [1.165, 1.54) is 37.5 Å². The van der Waals surface area contributed by atoms with Crippen LogP contribution in [0.2, 0.25) is 0 Å². The van der Waals surface area contributed by atoms with Crippen LogP contribution in [0, 0.1) is 17.8 Å². The number of hydrogen-bond acceptors (Lipinski definition) is 1. The van der Waals surface area contributed by atoms with Crippen LogP contribution in [0.5, 0.6) is 0 Å². The molecule has 5 heteroatoms. The third-order valence-electron chi connectivity index (χ3n) is 5.27. The minimum atomic E-state index is -4.51. The number of rotatable bonds is 3. The molecule has 1 aromatic carbocycles. The van der Waals surface area contributed by atoms with Crippen LogP contribution in [0.25, 0.3) is 0 Å². The van der Waals surface area contributed by atoms with Crippen molar-refractivity contribution in [2.45, 2.75) is 44.8 Å². The van der Waals surface area contributed by atoms with E-state index in [1.807, 2.05) is 6.92 Å². The second-order valence-corrected chi connectivity index (χ2v) is 6.64. The number of alkyl halides is 3. The van der Waals surface area contributed by atoms with Gasteiger partial charge < -0.3 is 5.32 Å². The molecule has 2 nitrogen and oxygen atoms in total. The van der Waals surface area contributed by atoms with Crippen LogP contribution in [-0.4, -0.2) is 11.9 Å². The Morgan fingerprint density at radius 2 is 1.95 bits per heavy atom. The standard InChI is InChI=1S/C17H20F3NO/c1-10(14-9-11-6-7-12(14)8-11)21-16(22)13-4-2-3-5-15(13)17(18,19)20/h2-5,10-12,14H,6-9H2,1H3,(H,21,22)/t10-,11-,12-,14-/m0/s1. The highest BCUT2D eigenvalue weighted by atomic mass is 19.4. The van der Waals surface area contributed by atoms with E-state index in [0.717, 1.165) is 18.4 Å². The molecular weight excluding hydrogens is 291 g/mol. The maximum atomic E-state index is 13.0. The lowest BCUT2D eigenvalue weighted by Gasteiger charge is -2.28. The molecule has 0 saturated heterocycles. The van der Waals surface area contributed by atoms with E-state index in [1.54, 1.807) is 0 Å². The van der Waals surface area contributed by atoms with E-state index in [-0.39, 0.29) is 11.6 Å². The third-order valence-corrected chi connectivity index (χ3v) is 5.27. The smallest absolute Gasteiger partial charge is 0.349 e. The highest BCUT2D eigenvalue weighted by molar-refractivity contribution is 5.96. The van der Waals surface area contributed by atoms with Gasteiger partial charge in [0.05, 0.1) is 11.1 Å². The maximum Gasteiger partial charge on any atom is 0.417 e. The van der Waals surface area contributed by atoms with E-state index in [4.69, 9.17) is 0 Å². The summed E-state index contributed by atoms with van der Waals surface area (Å²) in [5, 5.41) is 2.80. The van der Waals surface area contributed by atoms with E-state index >= 15 is 0 Å². The van der Waals surface area contributed by atoms with Gasteiger partial charge in [0, 0.05) is 6.04 Å². The molecular formula is C17H20F3NO. The average Bonchev–Trinajstić information content (AvgIpc) is 3.09. The van der Waals surface area contributed by atoms with Crippen molar-refractivity contribution in [3.63, 3.8) is 0 Å². The van der Waals surface area contributed by atoms with Crippen molar-refractivity contribution in [2.24, 2.45) is 17.8 Å². The Kier molecular flexibility index (Phi) is 3.91. The van der Waals surface area contributed by atoms with Gasteiger partial charge in [-0.3, -0.25) is 4.79 Å². The fourth-order valence-electron chi connectivity index (χ4n) is 4.23. The van der Waals surface area contributed by atoms with E-state index < -0.39 is 17.6 Å². The maximum absolute atomic E-state index is 13.0. The second kappa shape index (κ2) is 5.60. The fraction of sp³-hybridized carbons (Fsp3) is 0.588. The summed E-state index contributed by atoms with van der Waals surface area (Å²) in [6.45, 7) is 1.92. The van der Waals surface area contributed by atoms with Crippen LogP contribution in [-0.2, 0) is 6.18 Å². The Balaban J connectivity index is 1.72. The molecule has 2 aliphatic carbocycles. The zero-order chi connectivity index (χ0) is 15.9. The van der Waals surface area contributed by atoms with E-state index in [0.29, 0.717) is 11.8 Å². The largest absolute Gasteiger partial charge is 0.417 e. The lowest BCUT2D eigenvalue weighted by Crippen LogP contribution is -2.40. The molecule has 2 aliphatic rings. The zero-order valence-electron chi connectivity index (χ0n) is 12.5. The van der Waals surface area contributed by atoms with Crippen LogP contribution >= 0.6 is 0 Å². The highest BCUT2D eigenvalue weighted by Crippen LogP contribution is 2.49. The summed E-state index contributed by atoms with van der Waals surface area (Å²) in [5.41, 5.74) is -1.15. The first-order valence-corrected chi connectivity index (χ1v) is 7.83. The van der Waals surface area contributed by atoms with Gasteiger partial charge in [-0.1, -0.05) is 18.6 Å². The SMILES string of the molecule is C[C@H](NC(=O)c1ccccc1C(F)(F)F)[C@@H]1C[C@H]2CC[C@H]1C2. The Morgan fingerprint density at radius 3 is 2.55 bits per heavy atom. The van der Waals surface area contributed by atoms with Crippen molar-refractivity contribution in [1.82, 2.24) is 5.32 Å². The van der Waals surface area contributed by atoms with Crippen molar-refractivity contribution in [3.05, 3.63) is 35.4 Å². The van der Waals surface area contributed by atoms with Gasteiger partial charge in [-0.2, -0.15) is 13.2 Å². The molecule has 2 bridgehead atoms. The van der Waals surface area contributed by atoms with Crippen LogP contribution in [0.4, 0.5) is 13.2 Å². The van der Waals surface area contributed by atoms with Gasteiger partial charge in [-0.25, -0.2) is 0 Å². The fourth-order valence-corrected chi connectivity index (χ4v) is 4.23. The van der Waals surface area contributed by atoms with Gasteiger partial charge in [0.1, 0.15) is 0 Å². The number of hydrogen-bond donors (Lipinski definition) is 1. The molecule has 0 aromatic heterocycles. The number of benzene rings is 1. The van der Waals surface area contributed by atoms with Gasteiger partial charge in [-0.15, -0.1) is 0 Å². The predicted molar refractivity (Wildman–Crippen MR) is 77.3 cm³/mol. The highest BCUT2D eigenvalue weighted by Gasteiger charge is 2.42. The number of fused-ring (bicyclic) bond motifs is 2. The van der Waals surface area contributed by atoms with Crippen molar-refractivity contribution >= 4 is 5.91 Å². The van der Waals surface area contributed by atoms with Gasteiger partial charge in [0.15, 0.2) is 0 Å². The van der Waals surface area contributed by atoms with Crippen molar-refractivity contribution in [2.75, 3.05) is 0 Å². The molecule has 0 unspecified atom stereocenters. The van der Waals surface area contributed by atoms with Crippen LogP contribution in [0.15, 0.2) is 24.3 Å². The second-order valence-electron chi connectivity index (χ2n) is 6.64. The Bertz CT molecular complexity index is 569. The van der Waals surface area contributed by atoms with Gasteiger partial charge >= 0.3 is 6.18 Å². The molecule has 0 aliphatic heterocycles. The number of nitrogens with one attached hydrogen (secondary N) is 1. The van der Waals surface area contributed by atoms with Crippen LogP contribution in [0.1, 0.15) is 48.5 Å². The molecule has 3 rings (SSSR count). The third kappa shape index (κ3) is 2.85. The average molecular weight is 311 g/mol. The number of carbonyl (C=O) groups is 1. The number of amides is 1. The number of halogens is 3. The molecule has 1 aromatic rings. The normalized spacial score (nSPS) is 28.6. The summed E-state index contributed by atoms with van der Waals surface area (Å²) < 4.78 is 39.0. The summed E-state index contributed by atoms with van der Waals surface area (Å²) in [6.07, 6.45) is 0.244. The van der Waals surface area contributed by atoms with Crippen LogP contribution < -0.4 is 5.32 Å². The summed E-state index contributed by atoms with van der Waals surface area (Å²) >= 11 is 0.